The van der Waals surface area contributed by atoms with Gasteiger partial charge in [0.1, 0.15) is 6.61 Å². The fourth-order valence-electron chi connectivity index (χ4n) is 2.81. The molecule has 1 aromatic carbocycles. The van der Waals surface area contributed by atoms with Gasteiger partial charge in [0.25, 0.3) is 0 Å². The molecule has 10 heteroatoms. The number of thiazole rings is 1. The van der Waals surface area contributed by atoms with Crippen LogP contribution in [0.25, 0.3) is 0 Å². The number of rotatable bonds is 5. The van der Waals surface area contributed by atoms with Gasteiger partial charge in [0.2, 0.25) is 0 Å². The highest BCUT2D eigenvalue weighted by Gasteiger charge is 2.31. The van der Waals surface area contributed by atoms with Crippen molar-refractivity contribution in [2.24, 2.45) is 0 Å². The Morgan fingerprint density at radius 2 is 1.85 bits per heavy atom. The largest absolute Gasteiger partial charge is 0.481 e. The van der Waals surface area contributed by atoms with Gasteiger partial charge in [-0.2, -0.15) is 13.2 Å². The molecule has 1 aliphatic heterocycles. The molecular weight excluding hydrogens is 422 g/mol. The number of alkyl halides is 3. The zero-order chi connectivity index (χ0) is 17.9. The molecule has 2 aromatic rings. The van der Waals surface area contributed by atoms with Gasteiger partial charge < -0.3 is 9.64 Å². The van der Waals surface area contributed by atoms with Crippen LogP contribution in [-0.4, -0.2) is 49.2 Å². The molecule has 0 spiro atoms. The van der Waals surface area contributed by atoms with Crippen LogP contribution in [0.4, 0.5) is 18.9 Å². The molecule has 0 bridgehead atoms. The highest BCUT2D eigenvalue weighted by atomic mass is 35.5. The number of anilines is 1. The van der Waals surface area contributed by atoms with E-state index in [0.29, 0.717) is 25.4 Å². The number of hydrogen-bond donors (Lipinski definition) is 0. The second-order valence-electron chi connectivity index (χ2n) is 5.95. The molecular formula is C17H22Cl2F3N3OS. The quantitative estimate of drug-likeness (QED) is 0.679. The Bertz CT molecular complexity index is 707. The number of nitrogens with zero attached hydrogens (tertiary/aromatic N) is 3. The van der Waals surface area contributed by atoms with Crippen molar-refractivity contribution in [3.8, 4) is 5.06 Å². The van der Waals surface area contributed by atoms with Crippen LogP contribution in [0.2, 0.25) is 0 Å². The van der Waals surface area contributed by atoms with Crippen molar-refractivity contribution >= 4 is 41.8 Å². The molecule has 0 unspecified atom stereocenters. The van der Waals surface area contributed by atoms with Crippen molar-refractivity contribution in [3.63, 3.8) is 0 Å². The summed E-state index contributed by atoms with van der Waals surface area (Å²) in [5, 5.41) is 0.850. The van der Waals surface area contributed by atoms with Gasteiger partial charge in [0.15, 0.2) is 5.06 Å². The van der Waals surface area contributed by atoms with Crippen LogP contribution in [0.3, 0.4) is 0 Å². The average Bonchev–Trinajstić information content (AvgIpc) is 3.00. The molecule has 1 saturated heterocycles. The maximum absolute atomic E-state index is 12.8. The zero-order valence-electron chi connectivity index (χ0n) is 14.7. The third kappa shape index (κ3) is 6.41. The monoisotopic (exact) mass is 443 g/mol. The van der Waals surface area contributed by atoms with Crippen molar-refractivity contribution in [3.05, 3.63) is 41.0 Å². The topological polar surface area (TPSA) is 28.6 Å². The molecule has 4 nitrogen and oxygen atoms in total. The van der Waals surface area contributed by atoms with Gasteiger partial charge in [-0.3, -0.25) is 4.90 Å². The van der Waals surface area contributed by atoms with E-state index in [2.05, 4.69) is 9.88 Å². The molecule has 0 N–H and O–H groups in total. The van der Waals surface area contributed by atoms with Crippen LogP contribution in [-0.2, 0) is 6.18 Å². The van der Waals surface area contributed by atoms with E-state index in [1.54, 1.807) is 11.6 Å². The molecule has 0 amide bonds. The van der Waals surface area contributed by atoms with Crippen molar-refractivity contribution in [1.82, 2.24) is 9.88 Å². The van der Waals surface area contributed by atoms with Crippen LogP contribution in [0.15, 0.2) is 29.8 Å². The Labute approximate surface area is 173 Å². The summed E-state index contributed by atoms with van der Waals surface area (Å²) >= 11 is 1.49. The number of halogens is 5. The van der Waals surface area contributed by atoms with E-state index < -0.39 is 11.7 Å². The molecule has 27 heavy (non-hydrogen) atoms. The van der Waals surface area contributed by atoms with Crippen LogP contribution in [0.1, 0.15) is 11.3 Å². The molecule has 0 radical (unpaired) electrons. The van der Waals surface area contributed by atoms with Crippen molar-refractivity contribution in [1.29, 1.82) is 0 Å². The number of aromatic nitrogens is 1. The molecule has 0 atom stereocenters. The van der Waals surface area contributed by atoms with Gasteiger partial charge in [-0.25, -0.2) is 4.98 Å². The minimum Gasteiger partial charge on any atom is -0.481 e. The predicted molar refractivity (Wildman–Crippen MR) is 107 cm³/mol. The van der Waals surface area contributed by atoms with Crippen molar-refractivity contribution in [2.45, 2.75) is 13.1 Å². The minimum absolute atomic E-state index is 0. The second-order valence-corrected chi connectivity index (χ2v) is 6.77. The summed E-state index contributed by atoms with van der Waals surface area (Å²) in [6.07, 6.45) is -4.30. The number of benzene rings is 1. The van der Waals surface area contributed by atoms with Gasteiger partial charge >= 0.3 is 6.18 Å². The minimum atomic E-state index is -4.30. The lowest BCUT2D eigenvalue weighted by molar-refractivity contribution is -0.137. The predicted octanol–water partition coefficient (Wildman–Crippen LogP) is 4.51. The van der Waals surface area contributed by atoms with Gasteiger partial charge in [0.05, 0.1) is 16.8 Å². The molecule has 3 rings (SSSR count). The first-order valence-corrected chi connectivity index (χ1v) is 8.99. The SMILES string of the molecule is Cc1ncsc1OCCN1CCN(c2cccc(C(F)(F)F)c2)CC1.Cl.Cl. The highest BCUT2D eigenvalue weighted by molar-refractivity contribution is 7.11. The number of aryl methyl sites for hydroxylation is 1. The van der Waals surface area contributed by atoms with Crippen molar-refractivity contribution < 1.29 is 17.9 Å². The maximum atomic E-state index is 12.8. The molecule has 1 aromatic heterocycles. The van der Waals surface area contributed by atoms with E-state index in [1.165, 1.54) is 23.5 Å². The zero-order valence-corrected chi connectivity index (χ0v) is 17.2. The lowest BCUT2D eigenvalue weighted by atomic mass is 10.1. The first-order chi connectivity index (χ1) is 11.9. The van der Waals surface area contributed by atoms with Crippen LogP contribution >= 0.6 is 36.2 Å². The van der Waals surface area contributed by atoms with Crippen LogP contribution < -0.4 is 9.64 Å². The summed E-state index contributed by atoms with van der Waals surface area (Å²) in [5.74, 6) is 0. The number of ether oxygens (including phenoxy) is 1. The van der Waals surface area contributed by atoms with E-state index >= 15 is 0 Å². The summed E-state index contributed by atoms with van der Waals surface area (Å²) < 4.78 is 44.2. The Hall–Kier alpha value is -1.22. The Morgan fingerprint density at radius 3 is 2.44 bits per heavy atom. The fourth-order valence-corrected chi connectivity index (χ4v) is 3.49. The summed E-state index contributed by atoms with van der Waals surface area (Å²) in [6, 6.07) is 5.54. The van der Waals surface area contributed by atoms with E-state index in [9.17, 15) is 13.2 Å². The summed E-state index contributed by atoms with van der Waals surface area (Å²) in [5.41, 5.74) is 2.70. The van der Waals surface area contributed by atoms with Gasteiger partial charge in [-0.15, -0.1) is 24.8 Å². The average molecular weight is 444 g/mol. The van der Waals surface area contributed by atoms with Gasteiger partial charge in [-0.05, 0) is 25.1 Å². The first-order valence-electron chi connectivity index (χ1n) is 8.11. The third-order valence-corrected chi connectivity index (χ3v) is 5.09. The molecule has 1 aliphatic rings. The molecule has 2 heterocycles. The van der Waals surface area contributed by atoms with Gasteiger partial charge in [0, 0.05) is 38.4 Å². The summed E-state index contributed by atoms with van der Waals surface area (Å²) in [6.45, 7) is 6.34. The number of hydrogen-bond acceptors (Lipinski definition) is 5. The standard InChI is InChI=1S/C17H20F3N3OS.2ClH/c1-13-16(25-12-21-13)24-10-9-22-5-7-23(8-6-22)15-4-2-3-14(11-15)17(18,19)20;;/h2-4,11-12H,5-10H2,1H3;2*1H. The van der Waals surface area contributed by atoms with Gasteiger partial charge in [-0.1, -0.05) is 17.4 Å². The first kappa shape index (κ1) is 23.8. The van der Waals surface area contributed by atoms with E-state index in [-0.39, 0.29) is 24.8 Å². The van der Waals surface area contributed by atoms with Crippen LogP contribution in [0, 0.1) is 6.92 Å². The Morgan fingerprint density at radius 1 is 1.15 bits per heavy atom. The fraction of sp³-hybridized carbons (Fsp3) is 0.471. The molecule has 152 valence electrons. The Balaban J connectivity index is 0.00000182. The van der Waals surface area contributed by atoms with Crippen molar-refractivity contribution in [2.75, 3.05) is 44.2 Å². The highest BCUT2D eigenvalue weighted by Crippen LogP contribution is 2.31. The summed E-state index contributed by atoms with van der Waals surface area (Å²) in [7, 11) is 0. The molecule has 1 fully saturated rings. The second kappa shape index (κ2) is 10.4. The van der Waals surface area contributed by atoms with Crippen LogP contribution in [0.5, 0.6) is 5.06 Å². The normalized spacial score (nSPS) is 15.0. The third-order valence-electron chi connectivity index (χ3n) is 4.25. The van der Waals surface area contributed by atoms with E-state index in [4.69, 9.17) is 4.74 Å². The lowest BCUT2D eigenvalue weighted by Gasteiger charge is -2.36. The molecule has 0 saturated carbocycles. The maximum Gasteiger partial charge on any atom is 0.416 e. The summed E-state index contributed by atoms with van der Waals surface area (Å²) in [4.78, 5) is 8.41. The Kier molecular flexibility index (Phi) is 9.14. The van der Waals surface area contributed by atoms with E-state index in [1.807, 2.05) is 11.8 Å². The smallest absolute Gasteiger partial charge is 0.416 e. The van der Waals surface area contributed by atoms with E-state index in [0.717, 1.165) is 36.5 Å². The lowest BCUT2D eigenvalue weighted by Crippen LogP contribution is -2.47. The molecule has 0 aliphatic carbocycles. The number of piperazine rings is 1.